The summed E-state index contributed by atoms with van der Waals surface area (Å²) in [5.74, 6) is -0.672. The van der Waals surface area contributed by atoms with Gasteiger partial charge in [-0.25, -0.2) is 4.98 Å². The second-order valence-electron chi connectivity index (χ2n) is 7.32. The number of thiazole rings is 1. The monoisotopic (exact) mass is 457 g/mol. The highest BCUT2D eigenvalue weighted by Gasteiger charge is 2.46. The number of benzene rings is 1. The summed E-state index contributed by atoms with van der Waals surface area (Å²) < 4.78 is 5.19. The molecule has 162 valence electrons. The van der Waals surface area contributed by atoms with Crippen LogP contribution in [0.1, 0.15) is 23.8 Å². The van der Waals surface area contributed by atoms with Crippen LogP contribution in [-0.2, 0) is 9.53 Å². The van der Waals surface area contributed by atoms with Gasteiger partial charge in [-0.15, -0.1) is 22.7 Å². The van der Waals surface area contributed by atoms with Gasteiger partial charge in [-0.05, 0) is 36.9 Å². The minimum absolute atomic E-state index is 0.272. The number of nitrogens with zero attached hydrogens (tertiary/aromatic N) is 2. The molecule has 0 saturated carbocycles. The summed E-state index contributed by atoms with van der Waals surface area (Å²) in [6.07, 6.45) is 0.487. The second-order valence-corrected chi connectivity index (χ2v) is 9.12. The van der Waals surface area contributed by atoms with E-state index in [2.05, 4.69) is 10.3 Å². The lowest BCUT2D eigenvalue weighted by molar-refractivity contribution is -0.156. The van der Waals surface area contributed by atoms with Crippen LogP contribution in [0, 0.1) is 5.41 Å². The van der Waals surface area contributed by atoms with E-state index in [1.165, 1.54) is 11.3 Å². The van der Waals surface area contributed by atoms with E-state index < -0.39 is 5.41 Å². The molecule has 0 aliphatic carbocycles. The Hall–Kier alpha value is -2.75. The number of esters is 1. The number of carbonyl (C=O) groups excluding carboxylic acids is 2. The molecule has 1 aromatic carbocycles. The maximum atomic E-state index is 12.8. The number of anilines is 2. The Labute approximate surface area is 188 Å². The van der Waals surface area contributed by atoms with Gasteiger partial charge in [-0.3, -0.25) is 9.59 Å². The van der Waals surface area contributed by atoms with Crippen LogP contribution in [0.4, 0.5) is 11.4 Å². The number of amides is 1. The average molecular weight is 458 g/mol. The lowest BCUT2D eigenvalue weighted by Gasteiger charge is -2.26. The fraction of sp³-hybridized carbons (Fsp3) is 0.318. The number of aliphatic hydroxyl groups is 1. The molecule has 3 heterocycles. The lowest BCUT2D eigenvalue weighted by atomic mass is 9.88. The first-order valence-corrected chi connectivity index (χ1v) is 11.7. The Bertz CT molecular complexity index is 1070. The van der Waals surface area contributed by atoms with Gasteiger partial charge in [0.25, 0.3) is 5.91 Å². The number of aliphatic hydroxyl groups excluding tert-OH is 1. The van der Waals surface area contributed by atoms with Crippen molar-refractivity contribution in [2.45, 2.75) is 13.3 Å². The maximum Gasteiger partial charge on any atom is 0.316 e. The third kappa shape index (κ3) is 4.34. The van der Waals surface area contributed by atoms with Crippen molar-refractivity contribution in [1.82, 2.24) is 4.98 Å². The highest BCUT2D eigenvalue weighted by atomic mass is 32.1. The Morgan fingerprint density at radius 3 is 2.84 bits per heavy atom. The molecule has 1 fully saturated rings. The minimum atomic E-state index is -0.947. The van der Waals surface area contributed by atoms with Gasteiger partial charge < -0.3 is 20.1 Å². The number of nitrogens with one attached hydrogen (secondary N) is 1. The molecule has 1 atom stereocenters. The first-order chi connectivity index (χ1) is 15.1. The average Bonchev–Trinajstić information content (AvgIpc) is 3.55. The molecule has 1 amide bonds. The number of aromatic nitrogens is 1. The molecule has 1 aliphatic rings. The first-order valence-electron chi connectivity index (χ1n) is 9.99. The number of para-hydroxylation sites is 2. The topological polar surface area (TPSA) is 91.8 Å². The van der Waals surface area contributed by atoms with Gasteiger partial charge in [0.2, 0.25) is 0 Å². The molecule has 2 N–H and O–H groups in total. The highest BCUT2D eigenvalue weighted by molar-refractivity contribution is 7.20. The summed E-state index contributed by atoms with van der Waals surface area (Å²) >= 11 is 3.02. The van der Waals surface area contributed by atoms with Gasteiger partial charge in [-0.2, -0.15) is 0 Å². The van der Waals surface area contributed by atoms with E-state index in [4.69, 9.17) is 4.74 Å². The van der Waals surface area contributed by atoms with Crippen molar-refractivity contribution in [2.75, 3.05) is 36.5 Å². The van der Waals surface area contributed by atoms with E-state index in [9.17, 15) is 14.7 Å². The van der Waals surface area contributed by atoms with Crippen molar-refractivity contribution in [3.05, 3.63) is 52.9 Å². The van der Waals surface area contributed by atoms with Crippen LogP contribution in [-0.4, -0.2) is 48.3 Å². The number of carbonyl (C=O) groups is 2. The Morgan fingerprint density at radius 2 is 2.10 bits per heavy atom. The molecular formula is C22H23N3O4S2. The predicted octanol–water partition coefficient (Wildman–Crippen LogP) is 3.88. The number of rotatable bonds is 7. The fourth-order valence-corrected chi connectivity index (χ4v) is 5.27. The van der Waals surface area contributed by atoms with E-state index in [0.717, 1.165) is 15.6 Å². The quantitative estimate of drug-likeness (QED) is 0.523. The van der Waals surface area contributed by atoms with E-state index in [1.54, 1.807) is 23.6 Å². The van der Waals surface area contributed by atoms with Crippen molar-refractivity contribution in [3.63, 3.8) is 0 Å². The van der Waals surface area contributed by atoms with Crippen molar-refractivity contribution in [1.29, 1.82) is 0 Å². The zero-order valence-corrected chi connectivity index (χ0v) is 18.7. The van der Waals surface area contributed by atoms with Crippen molar-refractivity contribution in [2.24, 2.45) is 5.41 Å². The summed E-state index contributed by atoms with van der Waals surface area (Å²) in [6, 6.07) is 11.4. The Kier molecular flexibility index (Phi) is 6.35. The van der Waals surface area contributed by atoms with E-state index in [1.807, 2.05) is 46.7 Å². The number of thiophene rings is 1. The van der Waals surface area contributed by atoms with Gasteiger partial charge in [-0.1, -0.05) is 18.2 Å². The van der Waals surface area contributed by atoms with Crippen molar-refractivity contribution >= 4 is 45.9 Å². The van der Waals surface area contributed by atoms with E-state index in [0.29, 0.717) is 30.9 Å². The molecule has 4 rings (SSSR count). The summed E-state index contributed by atoms with van der Waals surface area (Å²) in [6.45, 7) is 2.65. The zero-order valence-electron chi connectivity index (χ0n) is 17.0. The van der Waals surface area contributed by atoms with Gasteiger partial charge in [0.05, 0.1) is 29.5 Å². The summed E-state index contributed by atoms with van der Waals surface area (Å²) in [7, 11) is 0. The molecule has 9 heteroatoms. The summed E-state index contributed by atoms with van der Waals surface area (Å²) in [5, 5.41) is 17.4. The lowest BCUT2D eigenvalue weighted by Crippen LogP contribution is -2.39. The maximum absolute atomic E-state index is 12.8. The first kappa shape index (κ1) is 21.5. The smallest absolute Gasteiger partial charge is 0.316 e. The zero-order chi connectivity index (χ0) is 21.8. The van der Waals surface area contributed by atoms with Gasteiger partial charge in [0.1, 0.15) is 16.1 Å². The largest absolute Gasteiger partial charge is 0.465 e. The number of hydrogen-bond donors (Lipinski definition) is 2. The SMILES string of the molecule is CCOC(=O)C1(CO)CCN(c2ccccc2NC(=O)c2csc(-c3cccs3)n2)C1. The molecule has 0 bridgehead atoms. The van der Waals surface area contributed by atoms with Crippen molar-refractivity contribution in [3.8, 4) is 9.88 Å². The molecule has 31 heavy (non-hydrogen) atoms. The van der Waals surface area contributed by atoms with E-state index >= 15 is 0 Å². The highest BCUT2D eigenvalue weighted by Crippen LogP contribution is 2.37. The standard InChI is InChI=1S/C22H23N3O4S2/c1-2-29-21(28)22(14-26)9-10-25(13-22)17-7-4-3-6-15(17)23-19(27)16-12-31-20(24-16)18-8-5-11-30-18/h3-8,11-12,26H,2,9-10,13-14H2,1H3,(H,23,27). The van der Waals surface area contributed by atoms with Crippen LogP contribution in [0.5, 0.6) is 0 Å². The molecule has 1 saturated heterocycles. The van der Waals surface area contributed by atoms with E-state index in [-0.39, 0.29) is 25.1 Å². The summed E-state index contributed by atoms with van der Waals surface area (Å²) in [4.78, 5) is 32.8. The molecule has 3 aromatic rings. The predicted molar refractivity (Wildman–Crippen MR) is 123 cm³/mol. The second kappa shape index (κ2) is 9.17. The Morgan fingerprint density at radius 1 is 1.26 bits per heavy atom. The van der Waals surface area contributed by atoms with Crippen LogP contribution in [0.15, 0.2) is 47.2 Å². The van der Waals surface area contributed by atoms with Crippen molar-refractivity contribution < 1.29 is 19.4 Å². The summed E-state index contributed by atoms with van der Waals surface area (Å²) in [5.41, 5.74) is 0.846. The van der Waals surface area contributed by atoms with Crippen LogP contribution in [0.2, 0.25) is 0 Å². The molecule has 1 unspecified atom stereocenters. The number of hydrogen-bond acceptors (Lipinski definition) is 8. The molecule has 7 nitrogen and oxygen atoms in total. The van der Waals surface area contributed by atoms with Gasteiger partial charge in [0.15, 0.2) is 0 Å². The Balaban J connectivity index is 1.52. The number of ether oxygens (including phenoxy) is 1. The minimum Gasteiger partial charge on any atom is -0.465 e. The third-order valence-corrected chi connectivity index (χ3v) is 7.21. The molecule has 0 radical (unpaired) electrons. The molecular weight excluding hydrogens is 434 g/mol. The molecule has 2 aromatic heterocycles. The van der Waals surface area contributed by atoms with Gasteiger partial charge in [0, 0.05) is 18.5 Å². The fourth-order valence-electron chi connectivity index (χ4n) is 3.66. The van der Waals surface area contributed by atoms with Gasteiger partial charge >= 0.3 is 5.97 Å². The molecule has 1 aliphatic heterocycles. The van der Waals surface area contributed by atoms with Crippen LogP contribution in [0.25, 0.3) is 9.88 Å². The van der Waals surface area contributed by atoms with Crippen LogP contribution in [0.3, 0.4) is 0 Å². The van der Waals surface area contributed by atoms with Crippen LogP contribution >= 0.6 is 22.7 Å². The normalized spacial score (nSPS) is 18.2. The third-order valence-electron chi connectivity index (χ3n) is 5.33. The molecule has 0 spiro atoms. The van der Waals surface area contributed by atoms with Crippen LogP contribution < -0.4 is 10.2 Å².